The van der Waals surface area contributed by atoms with E-state index < -0.39 is 0 Å². The Hall–Kier alpha value is -1.89. The summed E-state index contributed by atoms with van der Waals surface area (Å²) in [5, 5.41) is 0.723. The van der Waals surface area contributed by atoms with Crippen LogP contribution < -0.4 is 9.80 Å². The highest BCUT2D eigenvalue weighted by molar-refractivity contribution is 9.10. The SMILES string of the molecule is O=C1CC(N2CCN(c3ccc(Cl)cc3)CC2)C(=O)N1c1ccc(Br)cc1. The molecule has 0 saturated carbocycles. The molecule has 5 nitrogen and oxygen atoms in total. The first-order chi connectivity index (χ1) is 13.0. The minimum atomic E-state index is -0.367. The summed E-state index contributed by atoms with van der Waals surface area (Å²) in [4.78, 5) is 31.1. The predicted octanol–water partition coefficient (Wildman–Crippen LogP) is 3.56. The number of carbonyl (C=O) groups excluding carboxylic acids is 2. The molecular formula is C20H19BrClN3O2. The van der Waals surface area contributed by atoms with Gasteiger partial charge in [-0.05, 0) is 48.5 Å². The van der Waals surface area contributed by atoms with Crippen LogP contribution in [0.2, 0.25) is 5.02 Å². The quantitative estimate of drug-likeness (QED) is 0.674. The number of carbonyl (C=O) groups is 2. The third kappa shape index (κ3) is 3.74. The molecule has 0 spiro atoms. The smallest absolute Gasteiger partial charge is 0.251 e. The highest BCUT2D eigenvalue weighted by atomic mass is 79.9. The van der Waals surface area contributed by atoms with E-state index in [1.54, 1.807) is 12.1 Å². The lowest BCUT2D eigenvalue weighted by Gasteiger charge is -2.38. The average molecular weight is 449 g/mol. The van der Waals surface area contributed by atoms with E-state index in [2.05, 4.69) is 25.7 Å². The van der Waals surface area contributed by atoms with Gasteiger partial charge in [-0.15, -0.1) is 0 Å². The molecule has 2 aliphatic rings. The van der Waals surface area contributed by atoms with Crippen molar-refractivity contribution in [2.24, 2.45) is 0 Å². The monoisotopic (exact) mass is 447 g/mol. The first-order valence-electron chi connectivity index (χ1n) is 8.90. The lowest BCUT2D eigenvalue weighted by molar-refractivity contribution is -0.123. The van der Waals surface area contributed by atoms with Crippen LogP contribution in [0.15, 0.2) is 53.0 Å². The molecule has 7 heteroatoms. The predicted molar refractivity (Wildman–Crippen MR) is 110 cm³/mol. The van der Waals surface area contributed by atoms with Gasteiger partial charge in [-0.1, -0.05) is 27.5 Å². The summed E-state index contributed by atoms with van der Waals surface area (Å²) in [7, 11) is 0. The zero-order chi connectivity index (χ0) is 19.0. The molecule has 1 unspecified atom stereocenters. The molecule has 0 radical (unpaired) electrons. The molecule has 2 aromatic rings. The number of anilines is 2. The largest absolute Gasteiger partial charge is 0.369 e. The van der Waals surface area contributed by atoms with E-state index in [0.29, 0.717) is 5.69 Å². The van der Waals surface area contributed by atoms with E-state index in [4.69, 9.17) is 11.6 Å². The normalized spacial score (nSPS) is 21.2. The summed E-state index contributed by atoms with van der Waals surface area (Å²) >= 11 is 9.34. The molecule has 2 amide bonds. The van der Waals surface area contributed by atoms with Crippen LogP contribution in [-0.2, 0) is 9.59 Å². The van der Waals surface area contributed by atoms with Crippen molar-refractivity contribution in [2.45, 2.75) is 12.5 Å². The van der Waals surface area contributed by atoms with Crippen molar-refractivity contribution >= 4 is 50.7 Å². The van der Waals surface area contributed by atoms with E-state index >= 15 is 0 Å². The molecule has 2 fully saturated rings. The van der Waals surface area contributed by atoms with E-state index in [1.807, 2.05) is 36.4 Å². The molecule has 4 rings (SSSR count). The molecule has 0 N–H and O–H groups in total. The van der Waals surface area contributed by atoms with E-state index in [-0.39, 0.29) is 24.3 Å². The molecule has 27 heavy (non-hydrogen) atoms. The fraction of sp³-hybridized carbons (Fsp3) is 0.300. The van der Waals surface area contributed by atoms with Gasteiger partial charge in [0.05, 0.1) is 18.2 Å². The van der Waals surface area contributed by atoms with Gasteiger partial charge in [0.1, 0.15) is 0 Å². The first kappa shape index (κ1) is 18.5. The van der Waals surface area contributed by atoms with Crippen molar-refractivity contribution in [1.29, 1.82) is 0 Å². The van der Waals surface area contributed by atoms with Crippen molar-refractivity contribution in [2.75, 3.05) is 36.0 Å². The topological polar surface area (TPSA) is 43.9 Å². The van der Waals surface area contributed by atoms with Gasteiger partial charge in [0.25, 0.3) is 5.91 Å². The lowest BCUT2D eigenvalue weighted by Crippen LogP contribution is -2.52. The Morgan fingerprint density at radius 1 is 0.852 bits per heavy atom. The van der Waals surface area contributed by atoms with Gasteiger partial charge >= 0.3 is 0 Å². The van der Waals surface area contributed by atoms with Crippen LogP contribution >= 0.6 is 27.5 Å². The first-order valence-corrected chi connectivity index (χ1v) is 10.1. The second kappa shape index (κ2) is 7.62. The van der Waals surface area contributed by atoms with Gasteiger partial charge < -0.3 is 4.90 Å². The molecular weight excluding hydrogens is 430 g/mol. The molecule has 2 saturated heterocycles. The molecule has 2 aromatic carbocycles. The molecule has 1 atom stereocenters. The van der Waals surface area contributed by atoms with Crippen molar-refractivity contribution in [1.82, 2.24) is 4.90 Å². The summed E-state index contributed by atoms with van der Waals surface area (Å²) in [5.74, 6) is -0.255. The lowest BCUT2D eigenvalue weighted by atomic mass is 10.1. The molecule has 2 aliphatic heterocycles. The summed E-state index contributed by atoms with van der Waals surface area (Å²) < 4.78 is 0.917. The second-order valence-electron chi connectivity index (χ2n) is 6.76. The standard InChI is InChI=1S/C20H19BrClN3O2/c21-14-1-5-17(6-2-14)25-19(26)13-18(20(25)27)24-11-9-23(10-12-24)16-7-3-15(22)4-8-16/h1-8,18H,9-13H2. The van der Waals surface area contributed by atoms with Crippen LogP contribution in [0.25, 0.3) is 0 Å². The number of amides is 2. The Bertz CT molecular complexity index is 849. The molecule has 0 aromatic heterocycles. The Morgan fingerprint density at radius 3 is 2.07 bits per heavy atom. The van der Waals surface area contributed by atoms with Crippen LogP contribution in [0.1, 0.15) is 6.42 Å². The van der Waals surface area contributed by atoms with E-state index in [1.165, 1.54) is 4.90 Å². The van der Waals surface area contributed by atoms with Gasteiger partial charge in [0, 0.05) is 41.4 Å². The van der Waals surface area contributed by atoms with Crippen molar-refractivity contribution in [3.05, 3.63) is 58.0 Å². The summed E-state index contributed by atoms with van der Waals surface area (Å²) in [6, 6.07) is 14.7. The van der Waals surface area contributed by atoms with Crippen LogP contribution in [-0.4, -0.2) is 48.9 Å². The molecule has 140 valence electrons. The summed E-state index contributed by atoms with van der Waals surface area (Å²) in [5.41, 5.74) is 1.76. The number of nitrogens with zero attached hydrogens (tertiary/aromatic N) is 3. The molecule has 0 aliphatic carbocycles. The molecule has 2 heterocycles. The Kier molecular flexibility index (Phi) is 5.21. The van der Waals surface area contributed by atoms with Gasteiger partial charge in [-0.25, -0.2) is 4.90 Å². The number of piperazine rings is 1. The highest BCUT2D eigenvalue weighted by Gasteiger charge is 2.43. The summed E-state index contributed by atoms with van der Waals surface area (Å²) in [6.45, 7) is 3.14. The number of rotatable bonds is 3. The minimum absolute atomic E-state index is 0.123. The Morgan fingerprint density at radius 2 is 1.44 bits per heavy atom. The Balaban J connectivity index is 1.43. The maximum absolute atomic E-state index is 12.9. The van der Waals surface area contributed by atoms with Gasteiger partial charge in [-0.2, -0.15) is 0 Å². The highest BCUT2D eigenvalue weighted by Crippen LogP contribution is 2.28. The number of hydrogen-bond donors (Lipinski definition) is 0. The maximum Gasteiger partial charge on any atom is 0.251 e. The molecule has 0 bridgehead atoms. The fourth-order valence-corrected chi connectivity index (χ4v) is 4.10. The third-order valence-electron chi connectivity index (χ3n) is 5.15. The second-order valence-corrected chi connectivity index (χ2v) is 8.12. The zero-order valence-corrected chi connectivity index (χ0v) is 17.0. The van der Waals surface area contributed by atoms with Gasteiger partial charge in [0.15, 0.2) is 0 Å². The minimum Gasteiger partial charge on any atom is -0.369 e. The van der Waals surface area contributed by atoms with Crippen LogP contribution in [0.3, 0.4) is 0 Å². The maximum atomic E-state index is 12.9. The zero-order valence-electron chi connectivity index (χ0n) is 14.6. The number of hydrogen-bond acceptors (Lipinski definition) is 4. The van der Waals surface area contributed by atoms with E-state index in [9.17, 15) is 9.59 Å². The summed E-state index contributed by atoms with van der Waals surface area (Å²) in [6.07, 6.45) is 0.246. The van der Waals surface area contributed by atoms with Crippen molar-refractivity contribution < 1.29 is 9.59 Å². The van der Waals surface area contributed by atoms with Crippen LogP contribution in [0.4, 0.5) is 11.4 Å². The van der Waals surface area contributed by atoms with Crippen molar-refractivity contribution in [3.8, 4) is 0 Å². The average Bonchev–Trinajstić information content (AvgIpc) is 2.98. The third-order valence-corrected chi connectivity index (χ3v) is 5.94. The number of imide groups is 1. The van der Waals surface area contributed by atoms with Crippen molar-refractivity contribution in [3.63, 3.8) is 0 Å². The number of benzene rings is 2. The Labute approximate surface area is 171 Å². The van der Waals surface area contributed by atoms with E-state index in [0.717, 1.165) is 41.4 Å². The van der Waals surface area contributed by atoms with Crippen LogP contribution in [0.5, 0.6) is 0 Å². The van der Waals surface area contributed by atoms with Gasteiger partial charge in [0.2, 0.25) is 5.91 Å². The fourth-order valence-electron chi connectivity index (χ4n) is 3.71. The number of halogens is 2. The van der Waals surface area contributed by atoms with Crippen LogP contribution in [0, 0.1) is 0 Å². The van der Waals surface area contributed by atoms with Gasteiger partial charge in [-0.3, -0.25) is 14.5 Å².